The van der Waals surface area contributed by atoms with Crippen molar-refractivity contribution in [1.82, 2.24) is 9.80 Å². The van der Waals surface area contributed by atoms with Crippen molar-refractivity contribution in [2.24, 2.45) is 0 Å². The van der Waals surface area contributed by atoms with Gasteiger partial charge in [0.1, 0.15) is 11.5 Å². The minimum atomic E-state index is 0.707. The molecule has 2 saturated heterocycles. The summed E-state index contributed by atoms with van der Waals surface area (Å²) in [6.07, 6.45) is 5.42. The Bertz CT molecular complexity index is 616. The number of rotatable bonds is 5. The van der Waals surface area contributed by atoms with Gasteiger partial charge in [-0.25, -0.2) is 0 Å². The van der Waals surface area contributed by atoms with E-state index in [1.807, 2.05) is 6.07 Å². The highest BCUT2D eigenvalue weighted by atomic mass is 16.3. The van der Waals surface area contributed by atoms with Gasteiger partial charge < -0.3 is 9.32 Å². The number of benzene rings is 1. The Kier molecular flexibility index (Phi) is 4.49. The van der Waals surface area contributed by atoms with E-state index in [0.717, 1.165) is 23.6 Å². The summed E-state index contributed by atoms with van der Waals surface area (Å²) in [7, 11) is 0. The van der Waals surface area contributed by atoms with Crippen molar-refractivity contribution < 1.29 is 4.42 Å². The van der Waals surface area contributed by atoms with Crippen LogP contribution >= 0.6 is 0 Å². The number of furan rings is 1. The fourth-order valence-corrected chi connectivity index (χ4v) is 3.99. The first kappa shape index (κ1) is 15.0. The predicted molar refractivity (Wildman–Crippen MR) is 93.3 cm³/mol. The van der Waals surface area contributed by atoms with Crippen molar-refractivity contribution in [2.75, 3.05) is 26.2 Å². The van der Waals surface area contributed by atoms with E-state index in [1.54, 1.807) is 0 Å². The molecule has 0 aliphatic carbocycles. The second-order valence-corrected chi connectivity index (χ2v) is 6.91. The Morgan fingerprint density at radius 1 is 0.913 bits per heavy atom. The molecule has 0 amide bonds. The molecule has 0 spiro atoms. The SMILES string of the molecule is c1ccc(-c2ccc(CN3CCCC3CN3CCCC3)o2)cc1. The normalized spacial score (nSPS) is 22.9. The third-order valence-electron chi connectivity index (χ3n) is 5.25. The van der Waals surface area contributed by atoms with E-state index >= 15 is 0 Å². The average molecular weight is 310 g/mol. The van der Waals surface area contributed by atoms with Crippen LogP contribution in [0.1, 0.15) is 31.4 Å². The van der Waals surface area contributed by atoms with E-state index in [2.05, 4.69) is 46.2 Å². The van der Waals surface area contributed by atoms with Gasteiger partial charge in [0.2, 0.25) is 0 Å². The number of likely N-dealkylation sites (tertiary alicyclic amines) is 2. The molecule has 0 bridgehead atoms. The van der Waals surface area contributed by atoms with Crippen LogP contribution in [0.5, 0.6) is 0 Å². The van der Waals surface area contributed by atoms with Crippen LogP contribution in [-0.4, -0.2) is 42.0 Å². The number of hydrogen-bond acceptors (Lipinski definition) is 3. The highest BCUT2D eigenvalue weighted by molar-refractivity contribution is 5.57. The smallest absolute Gasteiger partial charge is 0.134 e. The standard InChI is InChI=1S/C20H26N2O/c1-2-7-17(8-3-1)20-11-10-19(23-20)16-22-14-6-9-18(22)15-21-12-4-5-13-21/h1-3,7-8,10-11,18H,4-6,9,12-16H2. The van der Waals surface area contributed by atoms with Crippen LogP contribution in [-0.2, 0) is 6.54 Å². The highest BCUT2D eigenvalue weighted by Gasteiger charge is 2.28. The summed E-state index contributed by atoms with van der Waals surface area (Å²) in [6.45, 7) is 5.99. The minimum Gasteiger partial charge on any atom is -0.460 e. The van der Waals surface area contributed by atoms with E-state index in [-0.39, 0.29) is 0 Å². The first-order valence-corrected chi connectivity index (χ1v) is 8.99. The van der Waals surface area contributed by atoms with Crippen LogP contribution < -0.4 is 0 Å². The first-order chi connectivity index (χ1) is 11.4. The molecular weight excluding hydrogens is 284 g/mol. The van der Waals surface area contributed by atoms with Gasteiger partial charge in [-0.1, -0.05) is 30.3 Å². The molecule has 23 heavy (non-hydrogen) atoms. The van der Waals surface area contributed by atoms with Gasteiger partial charge in [-0.3, -0.25) is 4.90 Å². The number of hydrogen-bond donors (Lipinski definition) is 0. The van der Waals surface area contributed by atoms with Gasteiger partial charge in [0.15, 0.2) is 0 Å². The summed E-state index contributed by atoms with van der Waals surface area (Å²) in [5.41, 5.74) is 1.16. The van der Waals surface area contributed by atoms with E-state index in [9.17, 15) is 0 Å². The Labute approximate surface area is 138 Å². The Hall–Kier alpha value is -1.58. The summed E-state index contributed by atoms with van der Waals surface area (Å²) >= 11 is 0. The minimum absolute atomic E-state index is 0.707. The molecular formula is C20H26N2O. The fraction of sp³-hybridized carbons (Fsp3) is 0.500. The Balaban J connectivity index is 1.40. The van der Waals surface area contributed by atoms with Crippen molar-refractivity contribution >= 4 is 0 Å². The van der Waals surface area contributed by atoms with Gasteiger partial charge >= 0.3 is 0 Å². The first-order valence-electron chi connectivity index (χ1n) is 8.99. The third-order valence-corrected chi connectivity index (χ3v) is 5.25. The van der Waals surface area contributed by atoms with E-state index in [4.69, 9.17) is 4.42 Å². The zero-order valence-electron chi connectivity index (χ0n) is 13.8. The van der Waals surface area contributed by atoms with Gasteiger partial charge in [-0.05, 0) is 57.5 Å². The molecule has 122 valence electrons. The summed E-state index contributed by atoms with van der Waals surface area (Å²) < 4.78 is 6.09. The Morgan fingerprint density at radius 2 is 1.74 bits per heavy atom. The molecule has 1 unspecified atom stereocenters. The quantitative estimate of drug-likeness (QED) is 0.832. The van der Waals surface area contributed by atoms with Crippen molar-refractivity contribution in [1.29, 1.82) is 0 Å². The summed E-state index contributed by atoms with van der Waals surface area (Å²) in [6, 6.07) is 15.3. The summed E-state index contributed by atoms with van der Waals surface area (Å²) in [5, 5.41) is 0. The molecule has 2 fully saturated rings. The molecule has 1 aromatic carbocycles. The molecule has 1 atom stereocenters. The van der Waals surface area contributed by atoms with Crippen LogP contribution in [0.2, 0.25) is 0 Å². The third kappa shape index (κ3) is 3.51. The van der Waals surface area contributed by atoms with Crippen LogP contribution in [0.15, 0.2) is 46.9 Å². The van der Waals surface area contributed by atoms with Crippen LogP contribution in [0.4, 0.5) is 0 Å². The molecule has 2 aliphatic heterocycles. The van der Waals surface area contributed by atoms with E-state index in [1.165, 1.54) is 51.9 Å². The molecule has 3 nitrogen and oxygen atoms in total. The van der Waals surface area contributed by atoms with Crippen molar-refractivity contribution in [3.05, 3.63) is 48.2 Å². The maximum absolute atomic E-state index is 6.09. The highest BCUT2D eigenvalue weighted by Crippen LogP contribution is 2.26. The number of nitrogens with zero attached hydrogens (tertiary/aromatic N) is 2. The molecule has 0 saturated carbocycles. The molecule has 2 aliphatic rings. The van der Waals surface area contributed by atoms with Gasteiger partial charge in [0.25, 0.3) is 0 Å². The van der Waals surface area contributed by atoms with Crippen LogP contribution in [0, 0.1) is 0 Å². The molecule has 0 N–H and O–H groups in total. The van der Waals surface area contributed by atoms with Gasteiger partial charge in [0, 0.05) is 18.2 Å². The zero-order valence-corrected chi connectivity index (χ0v) is 13.8. The molecule has 3 heteroatoms. The second kappa shape index (κ2) is 6.90. The lowest BCUT2D eigenvalue weighted by Crippen LogP contribution is -2.38. The van der Waals surface area contributed by atoms with Gasteiger partial charge in [-0.15, -0.1) is 0 Å². The molecule has 2 aromatic rings. The van der Waals surface area contributed by atoms with Crippen LogP contribution in [0.25, 0.3) is 11.3 Å². The lowest BCUT2D eigenvalue weighted by atomic mass is 10.2. The molecule has 1 aromatic heterocycles. The maximum atomic E-state index is 6.09. The van der Waals surface area contributed by atoms with Crippen molar-refractivity contribution in [3.8, 4) is 11.3 Å². The monoisotopic (exact) mass is 310 g/mol. The molecule has 4 rings (SSSR count). The molecule has 0 radical (unpaired) electrons. The van der Waals surface area contributed by atoms with Crippen molar-refractivity contribution in [2.45, 2.75) is 38.3 Å². The molecule has 3 heterocycles. The van der Waals surface area contributed by atoms with Gasteiger partial charge in [0.05, 0.1) is 6.54 Å². The van der Waals surface area contributed by atoms with E-state index in [0.29, 0.717) is 6.04 Å². The Morgan fingerprint density at radius 3 is 2.57 bits per heavy atom. The van der Waals surface area contributed by atoms with Crippen LogP contribution in [0.3, 0.4) is 0 Å². The van der Waals surface area contributed by atoms with Crippen molar-refractivity contribution in [3.63, 3.8) is 0 Å². The predicted octanol–water partition coefficient (Wildman–Crippen LogP) is 4.01. The zero-order chi connectivity index (χ0) is 15.5. The van der Waals surface area contributed by atoms with E-state index < -0.39 is 0 Å². The largest absolute Gasteiger partial charge is 0.460 e. The summed E-state index contributed by atoms with van der Waals surface area (Å²) in [5.74, 6) is 2.08. The topological polar surface area (TPSA) is 19.6 Å². The average Bonchev–Trinajstić information content (AvgIpc) is 3.33. The lowest BCUT2D eigenvalue weighted by Gasteiger charge is -2.27. The second-order valence-electron chi connectivity index (χ2n) is 6.91. The fourth-order valence-electron chi connectivity index (χ4n) is 3.99. The summed E-state index contributed by atoms with van der Waals surface area (Å²) in [4.78, 5) is 5.26. The van der Waals surface area contributed by atoms with Gasteiger partial charge in [-0.2, -0.15) is 0 Å². The maximum Gasteiger partial charge on any atom is 0.134 e. The lowest BCUT2D eigenvalue weighted by molar-refractivity contribution is 0.176.